The summed E-state index contributed by atoms with van der Waals surface area (Å²) in [6.45, 7) is 1.12. The van der Waals surface area contributed by atoms with E-state index < -0.39 is 15.3 Å². The number of hydrogen-bond acceptors (Lipinski definition) is 4. The SMILES string of the molecule is NC(=O)C1CNCC12CCS(=O)(=O)c1ccccc12. The Bertz CT molecular complexity index is 641. The smallest absolute Gasteiger partial charge is 0.222 e. The van der Waals surface area contributed by atoms with Crippen molar-refractivity contribution in [2.45, 2.75) is 16.7 Å². The number of nitrogens with two attached hydrogens (primary N) is 1. The molecule has 19 heavy (non-hydrogen) atoms. The minimum atomic E-state index is -3.23. The molecule has 0 bridgehead atoms. The van der Waals surface area contributed by atoms with E-state index in [0.717, 1.165) is 5.56 Å². The zero-order valence-corrected chi connectivity index (χ0v) is 11.2. The molecule has 1 aromatic rings. The summed E-state index contributed by atoms with van der Waals surface area (Å²) in [5, 5.41) is 3.19. The fourth-order valence-corrected chi connectivity index (χ4v) is 5.13. The van der Waals surface area contributed by atoms with E-state index in [1.54, 1.807) is 12.1 Å². The van der Waals surface area contributed by atoms with E-state index in [2.05, 4.69) is 5.32 Å². The van der Waals surface area contributed by atoms with E-state index in [1.807, 2.05) is 12.1 Å². The Balaban J connectivity index is 2.23. The molecule has 0 aliphatic carbocycles. The molecular weight excluding hydrogens is 264 g/mol. The number of benzene rings is 1. The van der Waals surface area contributed by atoms with Crippen molar-refractivity contribution >= 4 is 15.7 Å². The van der Waals surface area contributed by atoms with Crippen LogP contribution in [0.5, 0.6) is 0 Å². The Morgan fingerprint density at radius 1 is 1.37 bits per heavy atom. The maximum atomic E-state index is 12.2. The highest BCUT2D eigenvalue weighted by Gasteiger charge is 2.51. The average Bonchev–Trinajstić information content (AvgIpc) is 2.80. The fraction of sp³-hybridized carbons (Fsp3) is 0.462. The molecule has 0 aromatic heterocycles. The first kappa shape index (κ1) is 12.6. The third-order valence-corrected chi connectivity index (χ3v) is 6.14. The van der Waals surface area contributed by atoms with Crippen molar-refractivity contribution in [3.63, 3.8) is 0 Å². The number of hydrogen-bond donors (Lipinski definition) is 2. The standard InChI is InChI=1S/C13H16N2O3S/c14-12(16)10-7-15-8-13(10)5-6-19(17,18)11-4-2-1-3-9(11)13/h1-4,10,15H,5-8H2,(H2,14,16). The minimum absolute atomic E-state index is 0.0788. The van der Waals surface area contributed by atoms with Crippen LogP contribution in [0.1, 0.15) is 12.0 Å². The predicted octanol–water partition coefficient (Wildman–Crippen LogP) is -0.193. The summed E-state index contributed by atoms with van der Waals surface area (Å²) in [6.07, 6.45) is 0.451. The summed E-state index contributed by atoms with van der Waals surface area (Å²) in [7, 11) is -3.23. The summed E-state index contributed by atoms with van der Waals surface area (Å²) in [6, 6.07) is 6.98. The number of fused-ring (bicyclic) bond motifs is 2. The van der Waals surface area contributed by atoms with Gasteiger partial charge in [0, 0.05) is 18.5 Å². The van der Waals surface area contributed by atoms with Crippen LogP contribution in [-0.4, -0.2) is 33.2 Å². The fourth-order valence-electron chi connectivity index (χ4n) is 3.39. The lowest BCUT2D eigenvalue weighted by atomic mass is 9.70. The first-order valence-corrected chi connectivity index (χ1v) is 7.95. The molecule has 1 fully saturated rings. The van der Waals surface area contributed by atoms with Crippen molar-refractivity contribution in [3.05, 3.63) is 29.8 Å². The van der Waals surface area contributed by atoms with E-state index in [1.165, 1.54) is 0 Å². The molecule has 0 saturated carbocycles. The molecule has 3 N–H and O–H groups in total. The Hall–Kier alpha value is -1.40. The van der Waals surface area contributed by atoms with Gasteiger partial charge in [-0.3, -0.25) is 4.79 Å². The van der Waals surface area contributed by atoms with Gasteiger partial charge < -0.3 is 11.1 Å². The molecule has 2 aliphatic rings. The highest BCUT2D eigenvalue weighted by atomic mass is 32.2. The van der Waals surface area contributed by atoms with Gasteiger partial charge in [-0.05, 0) is 18.1 Å². The second-order valence-corrected chi connectivity index (χ2v) is 7.38. The maximum Gasteiger partial charge on any atom is 0.222 e. The van der Waals surface area contributed by atoms with Crippen molar-refractivity contribution in [2.75, 3.05) is 18.8 Å². The summed E-state index contributed by atoms with van der Waals surface area (Å²) in [5.74, 6) is -0.626. The molecule has 2 unspecified atom stereocenters. The normalized spacial score (nSPS) is 32.1. The maximum absolute atomic E-state index is 12.2. The number of carbonyl (C=O) groups is 1. The van der Waals surface area contributed by atoms with Crippen LogP contribution in [0.2, 0.25) is 0 Å². The first-order chi connectivity index (χ1) is 8.97. The third kappa shape index (κ3) is 1.70. The number of sulfone groups is 1. The molecule has 5 nitrogen and oxygen atoms in total. The number of rotatable bonds is 1. The van der Waals surface area contributed by atoms with Crippen LogP contribution in [0.3, 0.4) is 0 Å². The molecule has 1 spiro atoms. The average molecular weight is 280 g/mol. The summed E-state index contributed by atoms with van der Waals surface area (Å²) in [4.78, 5) is 12.0. The second-order valence-electron chi connectivity index (χ2n) is 5.31. The van der Waals surface area contributed by atoms with Crippen LogP contribution < -0.4 is 11.1 Å². The Kier molecular flexibility index (Phi) is 2.69. The van der Waals surface area contributed by atoms with Gasteiger partial charge in [-0.2, -0.15) is 0 Å². The molecular formula is C13H16N2O3S. The zero-order valence-electron chi connectivity index (χ0n) is 10.4. The predicted molar refractivity (Wildman–Crippen MR) is 70.3 cm³/mol. The van der Waals surface area contributed by atoms with Crippen LogP contribution in [0.4, 0.5) is 0 Å². The van der Waals surface area contributed by atoms with Gasteiger partial charge in [0.1, 0.15) is 0 Å². The number of carbonyl (C=O) groups excluding carboxylic acids is 1. The van der Waals surface area contributed by atoms with Crippen LogP contribution >= 0.6 is 0 Å². The van der Waals surface area contributed by atoms with E-state index in [0.29, 0.717) is 24.4 Å². The van der Waals surface area contributed by atoms with E-state index in [9.17, 15) is 13.2 Å². The monoisotopic (exact) mass is 280 g/mol. The highest BCUT2D eigenvalue weighted by molar-refractivity contribution is 7.91. The van der Waals surface area contributed by atoms with Crippen LogP contribution in [0.25, 0.3) is 0 Å². The van der Waals surface area contributed by atoms with Gasteiger partial charge in [-0.1, -0.05) is 18.2 Å². The van der Waals surface area contributed by atoms with Crippen LogP contribution in [-0.2, 0) is 20.0 Å². The molecule has 3 rings (SSSR count). The molecule has 2 aliphatic heterocycles. The Morgan fingerprint density at radius 2 is 2.11 bits per heavy atom. The number of nitrogens with one attached hydrogen (secondary N) is 1. The summed E-state index contributed by atoms with van der Waals surface area (Å²) < 4.78 is 24.3. The largest absolute Gasteiger partial charge is 0.369 e. The summed E-state index contributed by atoms with van der Waals surface area (Å²) >= 11 is 0. The van der Waals surface area contributed by atoms with Gasteiger partial charge in [-0.25, -0.2) is 8.42 Å². The number of primary amides is 1. The lowest BCUT2D eigenvalue weighted by Crippen LogP contribution is -2.46. The van der Waals surface area contributed by atoms with Crippen LogP contribution in [0, 0.1) is 5.92 Å². The molecule has 1 amide bonds. The van der Waals surface area contributed by atoms with E-state index in [4.69, 9.17) is 5.73 Å². The van der Waals surface area contributed by atoms with Gasteiger partial charge in [0.25, 0.3) is 0 Å². The third-order valence-electron chi connectivity index (χ3n) is 4.37. The summed E-state index contributed by atoms with van der Waals surface area (Å²) in [5.41, 5.74) is 5.78. The van der Waals surface area contributed by atoms with Crippen molar-refractivity contribution in [2.24, 2.45) is 11.7 Å². The first-order valence-electron chi connectivity index (χ1n) is 6.30. The van der Waals surface area contributed by atoms with Gasteiger partial charge >= 0.3 is 0 Å². The van der Waals surface area contributed by atoms with Crippen molar-refractivity contribution in [1.29, 1.82) is 0 Å². The Morgan fingerprint density at radius 3 is 2.84 bits per heavy atom. The molecule has 2 atom stereocenters. The lowest BCUT2D eigenvalue weighted by molar-refractivity contribution is -0.123. The van der Waals surface area contributed by atoms with Crippen molar-refractivity contribution in [3.8, 4) is 0 Å². The van der Waals surface area contributed by atoms with Gasteiger partial charge in [0.2, 0.25) is 5.91 Å². The second kappa shape index (κ2) is 4.05. The number of amides is 1. The molecule has 1 aromatic carbocycles. The van der Waals surface area contributed by atoms with E-state index >= 15 is 0 Å². The molecule has 2 heterocycles. The zero-order chi connectivity index (χ0) is 13.7. The molecule has 102 valence electrons. The van der Waals surface area contributed by atoms with Crippen molar-refractivity contribution < 1.29 is 13.2 Å². The molecule has 0 radical (unpaired) electrons. The Labute approximate surface area is 112 Å². The minimum Gasteiger partial charge on any atom is -0.369 e. The van der Waals surface area contributed by atoms with Crippen molar-refractivity contribution in [1.82, 2.24) is 5.32 Å². The van der Waals surface area contributed by atoms with Gasteiger partial charge in [-0.15, -0.1) is 0 Å². The van der Waals surface area contributed by atoms with Gasteiger partial charge in [0.05, 0.1) is 16.6 Å². The highest BCUT2D eigenvalue weighted by Crippen LogP contribution is 2.45. The van der Waals surface area contributed by atoms with Gasteiger partial charge in [0.15, 0.2) is 9.84 Å². The molecule has 1 saturated heterocycles. The topological polar surface area (TPSA) is 89.3 Å². The molecule has 6 heteroatoms. The van der Waals surface area contributed by atoms with Crippen LogP contribution in [0.15, 0.2) is 29.2 Å². The van der Waals surface area contributed by atoms with E-state index in [-0.39, 0.29) is 17.6 Å². The quantitative estimate of drug-likeness (QED) is 0.746. The lowest BCUT2D eigenvalue weighted by Gasteiger charge is -2.38.